The summed E-state index contributed by atoms with van der Waals surface area (Å²) in [7, 11) is 0. The average Bonchev–Trinajstić information content (AvgIpc) is 2.65. The van der Waals surface area contributed by atoms with Crippen LogP contribution in [0.25, 0.3) is 0 Å². The van der Waals surface area contributed by atoms with Gasteiger partial charge in [0.1, 0.15) is 11.6 Å². The van der Waals surface area contributed by atoms with Crippen LogP contribution in [-0.4, -0.2) is 10.5 Å². The van der Waals surface area contributed by atoms with E-state index in [2.05, 4.69) is 5.32 Å². The summed E-state index contributed by atoms with van der Waals surface area (Å²) < 4.78 is 1.39. The monoisotopic (exact) mass is 397 g/mol. The standard InChI is InChI=1S/C20H13Cl2N3O2/c21-15-8-7-14(17(22)10-15)12-25-9-3-5-16(20(25)27)19(26)24-18-6-2-1-4-13(18)11-23/h1-10H,12H2,(H,24,26). The van der Waals surface area contributed by atoms with Crippen molar-refractivity contribution in [2.75, 3.05) is 5.32 Å². The summed E-state index contributed by atoms with van der Waals surface area (Å²) in [6, 6.07) is 16.6. The van der Waals surface area contributed by atoms with Crippen molar-refractivity contribution in [1.82, 2.24) is 4.57 Å². The molecule has 1 N–H and O–H groups in total. The second-order valence-corrected chi connectivity index (χ2v) is 6.55. The zero-order valence-electron chi connectivity index (χ0n) is 13.9. The molecule has 0 bridgehead atoms. The van der Waals surface area contributed by atoms with Crippen molar-refractivity contribution in [1.29, 1.82) is 5.26 Å². The highest BCUT2D eigenvalue weighted by atomic mass is 35.5. The van der Waals surface area contributed by atoms with Crippen LogP contribution in [0.15, 0.2) is 65.6 Å². The van der Waals surface area contributed by atoms with Crippen LogP contribution in [-0.2, 0) is 6.54 Å². The van der Waals surface area contributed by atoms with E-state index in [1.807, 2.05) is 6.07 Å². The van der Waals surface area contributed by atoms with Gasteiger partial charge in [0.25, 0.3) is 11.5 Å². The quantitative estimate of drug-likeness (QED) is 0.711. The van der Waals surface area contributed by atoms with Gasteiger partial charge in [-0.25, -0.2) is 0 Å². The zero-order valence-corrected chi connectivity index (χ0v) is 15.5. The minimum absolute atomic E-state index is 0.0321. The first-order chi connectivity index (χ1) is 13.0. The van der Waals surface area contributed by atoms with Crippen molar-refractivity contribution >= 4 is 34.8 Å². The smallest absolute Gasteiger partial charge is 0.263 e. The first-order valence-electron chi connectivity index (χ1n) is 7.93. The van der Waals surface area contributed by atoms with Crippen molar-refractivity contribution in [3.8, 4) is 6.07 Å². The first kappa shape index (κ1) is 18.7. The molecule has 7 heteroatoms. The van der Waals surface area contributed by atoms with Crippen LogP contribution in [0.3, 0.4) is 0 Å². The van der Waals surface area contributed by atoms with Crippen LogP contribution in [0.5, 0.6) is 0 Å². The molecule has 5 nitrogen and oxygen atoms in total. The van der Waals surface area contributed by atoms with Crippen LogP contribution >= 0.6 is 23.2 Å². The molecule has 0 aliphatic carbocycles. The molecule has 1 heterocycles. The molecule has 0 unspecified atom stereocenters. The fraction of sp³-hybridized carbons (Fsp3) is 0.0500. The number of nitriles is 1. The fourth-order valence-electron chi connectivity index (χ4n) is 2.55. The number of nitrogens with zero attached hydrogens (tertiary/aromatic N) is 2. The van der Waals surface area contributed by atoms with Crippen molar-refractivity contribution in [3.63, 3.8) is 0 Å². The lowest BCUT2D eigenvalue weighted by Gasteiger charge is -2.11. The minimum Gasteiger partial charge on any atom is -0.321 e. The van der Waals surface area contributed by atoms with Gasteiger partial charge in [-0.15, -0.1) is 0 Å². The molecule has 27 heavy (non-hydrogen) atoms. The lowest BCUT2D eigenvalue weighted by Crippen LogP contribution is -2.29. The minimum atomic E-state index is -0.584. The molecule has 134 valence electrons. The Balaban J connectivity index is 1.89. The first-order valence-corrected chi connectivity index (χ1v) is 8.69. The van der Waals surface area contributed by atoms with Gasteiger partial charge in [0.2, 0.25) is 0 Å². The third-order valence-electron chi connectivity index (χ3n) is 3.92. The van der Waals surface area contributed by atoms with E-state index in [1.54, 1.807) is 54.7 Å². The van der Waals surface area contributed by atoms with E-state index in [9.17, 15) is 9.59 Å². The molecular formula is C20H13Cl2N3O2. The highest BCUT2D eigenvalue weighted by Gasteiger charge is 2.14. The molecule has 1 aromatic heterocycles. The molecule has 3 aromatic rings. The van der Waals surface area contributed by atoms with Crippen LogP contribution in [0.1, 0.15) is 21.5 Å². The van der Waals surface area contributed by atoms with E-state index in [1.165, 1.54) is 10.6 Å². The number of hydrogen-bond acceptors (Lipinski definition) is 3. The number of hydrogen-bond donors (Lipinski definition) is 1. The number of carbonyl (C=O) groups excluding carboxylic acids is 1. The number of halogens is 2. The van der Waals surface area contributed by atoms with E-state index in [0.717, 1.165) is 0 Å². The van der Waals surface area contributed by atoms with Gasteiger partial charge in [-0.3, -0.25) is 9.59 Å². The summed E-state index contributed by atoms with van der Waals surface area (Å²) >= 11 is 12.1. The Bertz CT molecular complexity index is 1120. The molecule has 0 aliphatic heterocycles. The summed E-state index contributed by atoms with van der Waals surface area (Å²) in [6.45, 7) is 0.199. The van der Waals surface area contributed by atoms with Crippen LogP contribution in [0.2, 0.25) is 10.0 Å². The topological polar surface area (TPSA) is 74.9 Å². The Morgan fingerprint density at radius 2 is 1.89 bits per heavy atom. The second-order valence-electron chi connectivity index (χ2n) is 5.70. The van der Waals surface area contributed by atoms with Gasteiger partial charge in [-0.1, -0.05) is 41.4 Å². The third kappa shape index (κ3) is 4.20. The molecule has 0 fully saturated rings. The van der Waals surface area contributed by atoms with Crippen LogP contribution in [0.4, 0.5) is 5.69 Å². The summed E-state index contributed by atoms with van der Waals surface area (Å²) in [5, 5.41) is 12.7. The number of anilines is 1. The van der Waals surface area contributed by atoms with Gasteiger partial charge >= 0.3 is 0 Å². The zero-order chi connectivity index (χ0) is 19.4. The maximum absolute atomic E-state index is 12.7. The maximum atomic E-state index is 12.7. The van der Waals surface area contributed by atoms with Gasteiger partial charge < -0.3 is 9.88 Å². The molecule has 3 rings (SSSR count). The van der Waals surface area contributed by atoms with Crippen molar-refractivity contribution in [3.05, 3.63) is 97.9 Å². The highest BCUT2D eigenvalue weighted by Crippen LogP contribution is 2.21. The Morgan fingerprint density at radius 1 is 1.11 bits per heavy atom. The van der Waals surface area contributed by atoms with E-state index >= 15 is 0 Å². The lowest BCUT2D eigenvalue weighted by atomic mass is 10.1. The van der Waals surface area contributed by atoms with Gasteiger partial charge in [-0.05, 0) is 42.0 Å². The molecule has 2 aromatic carbocycles. The third-order valence-corrected chi connectivity index (χ3v) is 4.50. The summed E-state index contributed by atoms with van der Waals surface area (Å²) in [4.78, 5) is 25.2. The molecule has 0 saturated heterocycles. The largest absolute Gasteiger partial charge is 0.321 e. The number of para-hydroxylation sites is 1. The van der Waals surface area contributed by atoms with Crippen molar-refractivity contribution < 1.29 is 4.79 Å². The van der Waals surface area contributed by atoms with Gasteiger partial charge in [0, 0.05) is 16.2 Å². The SMILES string of the molecule is N#Cc1ccccc1NC(=O)c1cccn(Cc2ccc(Cl)cc2Cl)c1=O. The number of rotatable bonds is 4. The predicted octanol–water partition coefficient (Wildman–Crippen LogP) is 4.33. The van der Waals surface area contributed by atoms with Gasteiger partial charge in [0.05, 0.1) is 17.8 Å². The number of nitrogens with one attached hydrogen (secondary N) is 1. The molecule has 0 aliphatic rings. The number of aromatic nitrogens is 1. The van der Waals surface area contributed by atoms with E-state index in [4.69, 9.17) is 28.5 Å². The molecule has 1 amide bonds. The molecule has 0 atom stereocenters. The fourth-order valence-corrected chi connectivity index (χ4v) is 3.02. The second kappa shape index (κ2) is 8.09. The molecule has 0 radical (unpaired) electrons. The van der Waals surface area contributed by atoms with Crippen LogP contribution in [0, 0.1) is 11.3 Å². The number of carbonyl (C=O) groups is 1. The van der Waals surface area contributed by atoms with E-state index in [0.29, 0.717) is 26.9 Å². The Labute approximate surface area is 165 Å². The predicted molar refractivity (Wildman–Crippen MR) is 105 cm³/mol. The molecular weight excluding hydrogens is 385 g/mol. The Hall–Kier alpha value is -3.07. The highest BCUT2D eigenvalue weighted by molar-refractivity contribution is 6.35. The Morgan fingerprint density at radius 3 is 2.63 bits per heavy atom. The summed E-state index contributed by atoms with van der Waals surface area (Å²) in [5.74, 6) is -0.584. The van der Waals surface area contributed by atoms with Crippen molar-refractivity contribution in [2.24, 2.45) is 0 Å². The van der Waals surface area contributed by atoms with Gasteiger partial charge in [-0.2, -0.15) is 5.26 Å². The molecule has 0 saturated carbocycles. The molecule has 0 spiro atoms. The number of amides is 1. The number of benzene rings is 2. The lowest BCUT2D eigenvalue weighted by molar-refractivity contribution is 0.102. The maximum Gasteiger partial charge on any atom is 0.263 e. The van der Waals surface area contributed by atoms with E-state index < -0.39 is 11.5 Å². The van der Waals surface area contributed by atoms with Gasteiger partial charge in [0.15, 0.2) is 0 Å². The summed E-state index contributed by atoms with van der Waals surface area (Å²) in [6.07, 6.45) is 1.58. The van der Waals surface area contributed by atoms with E-state index in [-0.39, 0.29) is 12.1 Å². The number of pyridine rings is 1. The Kier molecular flexibility index (Phi) is 5.60. The van der Waals surface area contributed by atoms with Crippen molar-refractivity contribution in [2.45, 2.75) is 6.54 Å². The van der Waals surface area contributed by atoms with Crippen LogP contribution < -0.4 is 10.9 Å². The summed E-state index contributed by atoms with van der Waals surface area (Å²) in [5.41, 5.74) is 0.872. The normalized spacial score (nSPS) is 10.3. The average molecular weight is 398 g/mol.